The molecule has 0 radical (unpaired) electrons. The molecule has 206 valence electrons. The van der Waals surface area contributed by atoms with E-state index >= 15 is 8.78 Å². The summed E-state index contributed by atoms with van der Waals surface area (Å²) in [5, 5.41) is 11.8. The van der Waals surface area contributed by atoms with Gasteiger partial charge in [-0.3, -0.25) is 9.78 Å². The molecule has 1 aliphatic heterocycles. The van der Waals surface area contributed by atoms with Crippen molar-refractivity contribution in [1.82, 2.24) is 29.4 Å². The molecular formula is C30H23F3N6O2. The number of aliphatic hydroxyl groups excluding tert-OH is 1. The molecule has 0 spiro atoms. The Hall–Kier alpha value is -4.64. The maximum absolute atomic E-state index is 15.1. The molecule has 11 heteroatoms. The summed E-state index contributed by atoms with van der Waals surface area (Å²) in [6.45, 7) is 0.238. The molecule has 3 atom stereocenters. The second kappa shape index (κ2) is 9.77. The van der Waals surface area contributed by atoms with Gasteiger partial charge in [0.2, 0.25) is 0 Å². The van der Waals surface area contributed by atoms with Crippen molar-refractivity contribution >= 4 is 16.9 Å². The van der Waals surface area contributed by atoms with Crippen LogP contribution in [0.25, 0.3) is 33.9 Å². The number of aliphatic hydroxyl groups is 1. The number of carbonyl (C=O) groups excluding carboxylic acids is 1. The van der Waals surface area contributed by atoms with Crippen LogP contribution in [0.5, 0.6) is 0 Å². The normalized spacial score (nSPS) is 20.5. The van der Waals surface area contributed by atoms with Gasteiger partial charge < -0.3 is 14.6 Å². The minimum absolute atomic E-state index is 0.00587. The summed E-state index contributed by atoms with van der Waals surface area (Å²) in [6.07, 6.45) is 5.15. The summed E-state index contributed by atoms with van der Waals surface area (Å²) in [6, 6.07) is 9.77. The second-order valence-corrected chi connectivity index (χ2v) is 10.3. The standard InChI is InChI=1S/C30H23F3N6O2/c31-17-9-8-16-15-38(30(41)18(16)12-17)23-6-2-7-24(27(23)40)39-25-13-21(28-34-10-3-11-35-28)36-14-22(25)37-29(39)26-19(32)4-1-5-20(26)33/h1,3-5,8-14,23-24,27,40H,2,6-7,15H2/t23-,24+,27+/m0/s1. The molecule has 0 unspecified atom stereocenters. The quantitative estimate of drug-likeness (QED) is 0.332. The van der Waals surface area contributed by atoms with Crippen LogP contribution in [0.2, 0.25) is 0 Å². The average Bonchev–Trinajstić information content (AvgIpc) is 3.50. The van der Waals surface area contributed by atoms with Crippen LogP contribution in [-0.4, -0.2) is 52.6 Å². The molecule has 1 fully saturated rings. The number of nitrogens with zero attached hydrogens (tertiary/aromatic N) is 6. The molecule has 3 aromatic heterocycles. The first-order valence-corrected chi connectivity index (χ1v) is 13.3. The summed E-state index contributed by atoms with van der Waals surface area (Å²) >= 11 is 0. The molecule has 1 amide bonds. The molecule has 2 aromatic carbocycles. The monoisotopic (exact) mass is 556 g/mol. The minimum Gasteiger partial charge on any atom is -0.389 e. The number of hydrogen-bond donors (Lipinski definition) is 1. The Morgan fingerprint density at radius 3 is 2.44 bits per heavy atom. The van der Waals surface area contributed by atoms with Gasteiger partial charge in [0.1, 0.15) is 34.5 Å². The van der Waals surface area contributed by atoms with Crippen LogP contribution in [0.1, 0.15) is 41.2 Å². The number of halogens is 3. The van der Waals surface area contributed by atoms with E-state index in [0.29, 0.717) is 47.4 Å². The van der Waals surface area contributed by atoms with E-state index in [2.05, 4.69) is 19.9 Å². The largest absolute Gasteiger partial charge is 0.389 e. The van der Waals surface area contributed by atoms with E-state index < -0.39 is 35.6 Å². The Labute approximate surface area is 232 Å². The molecular weight excluding hydrogens is 533 g/mol. The zero-order chi connectivity index (χ0) is 28.2. The first kappa shape index (κ1) is 25.3. The Morgan fingerprint density at radius 1 is 0.902 bits per heavy atom. The smallest absolute Gasteiger partial charge is 0.254 e. The van der Waals surface area contributed by atoms with E-state index in [9.17, 15) is 14.3 Å². The first-order chi connectivity index (χ1) is 19.9. The summed E-state index contributed by atoms with van der Waals surface area (Å²) in [5.41, 5.74) is 1.93. The molecule has 8 nitrogen and oxygen atoms in total. The molecule has 4 heterocycles. The number of benzene rings is 2. The lowest BCUT2D eigenvalue weighted by atomic mass is 9.86. The fourth-order valence-electron chi connectivity index (χ4n) is 6.10. The van der Waals surface area contributed by atoms with Gasteiger partial charge >= 0.3 is 0 Å². The summed E-state index contributed by atoms with van der Waals surface area (Å²) in [5.74, 6) is -2.09. The predicted octanol–water partition coefficient (Wildman–Crippen LogP) is 5.08. The molecule has 0 bridgehead atoms. The molecule has 0 saturated heterocycles. The highest BCUT2D eigenvalue weighted by Crippen LogP contribution is 2.41. The number of aromatic nitrogens is 5. The maximum atomic E-state index is 15.1. The number of pyridine rings is 1. The highest BCUT2D eigenvalue weighted by atomic mass is 19.1. The van der Waals surface area contributed by atoms with Gasteiger partial charge in [-0.2, -0.15) is 0 Å². The summed E-state index contributed by atoms with van der Waals surface area (Å²) in [4.78, 5) is 32.4. The zero-order valence-electron chi connectivity index (χ0n) is 21.6. The summed E-state index contributed by atoms with van der Waals surface area (Å²) < 4.78 is 45.8. The van der Waals surface area contributed by atoms with E-state index in [-0.39, 0.29) is 29.4 Å². The second-order valence-electron chi connectivity index (χ2n) is 10.3. The SMILES string of the molecule is O=C1c2cc(F)ccc2CN1[C@H]1CCC[C@@H](n2c(-c3c(F)cccc3F)nc3cnc(-c4ncccn4)cc32)[C@@H]1O. The fraction of sp³-hybridized carbons (Fsp3) is 0.233. The van der Waals surface area contributed by atoms with Crippen LogP contribution in [0.3, 0.4) is 0 Å². The maximum Gasteiger partial charge on any atom is 0.254 e. The topological polar surface area (TPSA) is 97.0 Å². The van der Waals surface area contributed by atoms with Gasteiger partial charge in [-0.05, 0) is 61.2 Å². The average molecular weight is 557 g/mol. The number of carbonyl (C=O) groups is 1. The van der Waals surface area contributed by atoms with Crippen molar-refractivity contribution in [2.45, 2.75) is 44.0 Å². The van der Waals surface area contributed by atoms with Gasteiger partial charge in [-0.25, -0.2) is 28.1 Å². The Bertz CT molecular complexity index is 1790. The van der Waals surface area contributed by atoms with Crippen molar-refractivity contribution in [2.75, 3.05) is 0 Å². The van der Waals surface area contributed by atoms with Crippen molar-refractivity contribution in [2.24, 2.45) is 0 Å². The zero-order valence-corrected chi connectivity index (χ0v) is 21.6. The Morgan fingerprint density at radius 2 is 1.66 bits per heavy atom. The molecule has 41 heavy (non-hydrogen) atoms. The lowest BCUT2D eigenvalue weighted by molar-refractivity contribution is -0.00653. The summed E-state index contributed by atoms with van der Waals surface area (Å²) in [7, 11) is 0. The van der Waals surface area contributed by atoms with Crippen molar-refractivity contribution in [1.29, 1.82) is 0 Å². The third-order valence-corrected chi connectivity index (χ3v) is 7.98. The number of imidazole rings is 1. The molecule has 1 N–H and O–H groups in total. The lowest BCUT2D eigenvalue weighted by Crippen LogP contribution is -2.49. The van der Waals surface area contributed by atoms with Gasteiger partial charge in [0.15, 0.2) is 5.82 Å². The van der Waals surface area contributed by atoms with Crippen molar-refractivity contribution in [3.8, 4) is 22.9 Å². The van der Waals surface area contributed by atoms with Crippen molar-refractivity contribution in [3.05, 3.63) is 95.7 Å². The third kappa shape index (κ3) is 4.15. The van der Waals surface area contributed by atoms with Crippen molar-refractivity contribution < 1.29 is 23.1 Å². The first-order valence-electron chi connectivity index (χ1n) is 13.3. The van der Waals surface area contributed by atoms with E-state index in [1.165, 1.54) is 24.4 Å². The van der Waals surface area contributed by atoms with Crippen molar-refractivity contribution in [3.63, 3.8) is 0 Å². The lowest BCUT2D eigenvalue weighted by Gasteiger charge is -2.41. The van der Waals surface area contributed by atoms with Crippen LogP contribution < -0.4 is 0 Å². The van der Waals surface area contributed by atoms with Crippen LogP contribution in [0.4, 0.5) is 13.2 Å². The molecule has 1 aliphatic carbocycles. The number of rotatable bonds is 4. The van der Waals surface area contributed by atoms with E-state index in [1.54, 1.807) is 40.1 Å². The van der Waals surface area contributed by atoms with Crippen LogP contribution >= 0.6 is 0 Å². The van der Waals surface area contributed by atoms with Gasteiger partial charge in [-0.1, -0.05) is 12.1 Å². The highest BCUT2D eigenvalue weighted by Gasteiger charge is 2.43. The third-order valence-electron chi connectivity index (χ3n) is 7.98. The Kier molecular flexibility index (Phi) is 6.04. The highest BCUT2D eigenvalue weighted by molar-refractivity contribution is 5.98. The molecule has 1 saturated carbocycles. The van der Waals surface area contributed by atoms with Crippen LogP contribution in [0, 0.1) is 17.5 Å². The van der Waals surface area contributed by atoms with Gasteiger partial charge in [-0.15, -0.1) is 0 Å². The van der Waals surface area contributed by atoms with E-state index in [1.807, 2.05) is 0 Å². The number of amides is 1. The van der Waals surface area contributed by atoms with Gasteiger partial charge in [0, 0.05) is 24.5 Å². The minimum atomic E-state index is -1.11. The van der Waals surface area contributed by atoms with E-state index in [4.69, 9.17) is 0 Å². The number of hydrogen-bond acceptors (Lipinski definition) is 6. The molecule has 5 aromatic rings. The van der Waals surface area contributed by atoms with E-state index in [0.717, 1.165) is 12.1 Å². The number of fused-ring (bicyclic) bond motifs is 2. The van der Waals surface area contributed by atoms with Gasteiger partial charge in [0.25, 0.3) is 5.91 Å². The van der Waals surface area contributed by atoms with Gasteiger partial charge in [0.05, 0.1) is 35.5 Å². The van der Waals surface area contributed by atoms with Crippen LogP contribution in [0.15, 0.2) is 67.1 Å². The van der Waals surface area contributed by atoms with Crippen LogP contribution in [-0.2, 0) is 6.54 Å². The molecule has 7 rings (SSSR count). The molecule has 2 aliphatic rings. The Balaban J connectivity index is 1.36. The fourth-order valence-corrected chi connectivity index (χ4v) is 6.10. The predicted molar refractivity (Wildman–Crippen MR) is 143 cm³/mol.